The highest BCUT2D eigenvalue weighted by atomic mass is 16.6. The Hall–Kier alpha value is -2.82. The van der Waals surface area contributed by atoms with Gasteiger partial charge in [0.15, 0.2) is 0 Å². The Morgan fingerprint density at radius 3 is 2.30 bits per heavy atom. The van der Waals surface area contributed by atoms with Crippen LogP contribution >= 0.6 is 0 Å². The minimum atomic E-state index is -0.514. The lowest BCUT2D eigenvalue weighted by molar-refractivity contribution is -0.141. The maximum absolute atomic E-state index is 11.8. The van der Waals surface area contributed by atoms with Gasteiger partial charge in [-0.05, 0) is 49.9 Å². The van der Waals surface area contributed by atoms with Gasteiger partial charge in [0.05, 0.1) is 13.0 Å². The van der Waals surface area contributed by atoms with E-state index in [1.54, 1.807) is 0 Å². The molecule has 1 unspecified atom stereocenters. The van der Waals surface area contributed by atoms with E-state index in [2.05, 4.69) is 5.32 Å². The van der Waals surface area contributed by atoms with Gasteiger partial charge in [0.2, 0.25) is 0 Å². The first-order chi connectivity index (χ1) is 12.7. The average Bonchev–Trinajstić information content (AvgIpc) is 2.64. The smallest absolute Gasteiger partial charge is 0.407 e. The fourth-order valence-electron chi connectivity index (χ4n) is 2.60. The Balaban J connectivity index is 2.05. The molecule has 0 fully saturated rings. The lowest BCUT2D eigenvalue weighted by atomic mass is 9.96. The Bertz CT molecular complexity index is 791. The summed E-state index contributed by atoms with van der Waals surface area (Å²) in [7, 11) is 1.40. The second-order valence-corrected chi connectivity index (χ2v) is 7.42. The number of hydrogen-bond donors (Lipinski definition) is 1. The van der Waals surface area contributed by atoms with Crippen molar-refractivity contribution in [2.75, 3.05) is 7.11 Å². The van der Waals surface area contributed by atoms with E-state index in [9.17, 15) is 9.59 Å². The fourth-order valence-corrected chi connectivity index (χ4v) is 2.60. The van der Waals surface area contributed by atoms with Gasteiger partial charge in [-0.3, -0.25) is 4.79 Å². The Morgan fingerprint density at radius 2 is 1.70 bits per heavy atom. The van der Waals surface area contributed by atoms with Crippen molar-refractivity contribution >= 4 is 12.1 Å². The monoisotopic (exact) mass is 369 g/mol. The van der Waals surface area contributed by atoms with Crippen molar-refractivity contribution < 1.29 is 19.1 Å². The minimum absolute atomic E-state index is 0.254. The zero-order valence-corrected chi connectivity index (χ0v) is 16.5. The molecular weight excluding hydrogens is 342 g/mol. The molecular formula is C22H27NO4. The third kappa shape index (κ3) is 6.13. The number of rotatable bonds is 5. The van der Waals surface area contributed by atoms with Crippen LogP contribution in [-0.2, 0) is 20.8 Å². The van der Waals surface area contributed by atoms with Gasteiger partial charge in [-0.1, -0.05) is 48.5 Å². The summed E-state index contributed by atoms with van der Waals surface area (Å²) >= 11 is 0. The van der Waals surface area contributed by atoms with Crippen LogP contribution in [0.2, 0.25) is 0 Å². The summed E-state index contributed by atoms with van der Waals surface area (Å²) in [4.78, 5) is 23.5. The maximum atomic E-state index is 11.8. The van der Waals surface area contributed by atoms with Crippen LogP contribution in [0.3, 0.4) is 0 Å². The first-order valence-electron chi connectivity index (χ1n) is 8.93. The molecule has 0 saturated heterocycles. The quantitative estimate of drug-likeness (QED) is 0.779. The number of benzene rings is 2. The number of hydrogen-bond acceptors (Lipinski definition) is 4. The summed E-state index contributed by atoms with van der Waals surface area (Å²) in [5, 5.41) is 2.75. The van der Waals surface area contributed by atoms with E-state index in [4.69, 9.17) is 9.47 Å². The number of alkyl carbamates (subject to hydrolysis) is 1. The normalized spacial score (nSPS) is 12.2. The standard InChI is InChI=1S/C22H27NO4/c1-15(20(24)26-5)18-7-6-8-19(13-18)17-11-9-16(10-12-17)14-23-21(25)27-22(2,3)4/h6-13,15H,14H2,1-5H3,(H,23,25). The van der Waals surface area contributed by atoms with Gasteiger partial charge in [0.1, 0.15) is 5.60 Å². The van der Waals surface area contributed by atoms with E-state index >= 15 is 0 Å². The van der Waals surface area contributed by atoms with Gasteiger partial charge >= 0.3 is 12.1 Å². The summed E-state index contributed by atoms with van der Waals surface area (Å²) in [6.45, 7) is 7.72. The molecule has 1 N–H and O–H groups in total. The zero-order chi connectivity index (χ0) is 20.0. The highest BCUT2D eigenvalue weighted by Crippen LogP contribution is 2.25. The molecule has 0 aromatic heterocycles. The van der Waals surface area contributed by atoms with Crippen LogP contribution in [0, 0.1) is 0 Å². The molecule has 27 heavy (non-hydrogen) atoms. The molecule has 0 aliphatic heterocycles. The number of methoxy groups -OCH3 is 1. The molecule has 0 radical (unpaired) electrons. The van der Waals surface area contributed by atoms with Crippen molar-refractivity contribution in [2.24, 2.45) is 0 Å². The summed E-state index contributed by atoms with van der Waals surface area (Å²) < 4.78 is 10.0. The zero-order valence-electron chi connectivity index (χ0n) is 16.5. The number of esters is 1. The van der Waals surface area contributed by atoms with Crippen molar-refractivity contribution in [2.45, 2.75) is 45.8 Å². The van der Waals surface area contributed by atoms with Crippen molar-refractivity contribution in [3.8, 4) is 11.1 Å². The van der Waals surface area contributed by atoms with Crippen molar-refractivity contribution in [1.29, 1.82) is 0 Å². The lowest BCUT2D eigenvalue weighted by Gasteiger charge is -2.19. The first kappa shape index (κ1) is 20.5. The van der Waals surface area contributed by atoms with Crippen molar-refractivity contribution in [3.05, 3.63) is 59.7 Å². The van der Waals surface area contributed by atoms with Crippen LogP contribution in [0.4, 0.5) is 4.79 Å². The molecule has 0 saturated carbocycles. The first-order valence-corrected chi connectivity index (χ1v) is 8.93. The van der Waals surface area contributed by atoms with Crippen molar-refractivity contribution in [3.63, 3.8) is 0 Å². The number of ether oxygens (including phenoxy) is 2. The molecule has 0 aliphatic carbocycles. The topological polar surface area (TPSA) is 64.6 Å². The Morgan fingerprint density at radius 1 is 1.04 bits per heavy atom. The van der Waals surface area contributed by atoms with Gasteiger partial charge in [0, 0.05) is 6.54 Å². The number of amides is 1. The maximum Gasteiger partial charge on any atom is 0.407 e. The molecule has 2 aromatic rings. The molecule has 5 nitrogen and oxygen atoms in total. The van der Waals surface area contributed by atoms with E-state index in [1.165, 1.54) is 7.11 Å². The lowest BCUT2D eigenvalue weighted by Crippen LogP contribution is -2.32. The molecule has 0 spiro atoms. The predicted octanol–water partition coefficient (Wildman–Crippen LogP) is 4.65. The third-order valence-corrected chi connectivity index (χ3v) is 4.06. The SMILES string of the molecule is COC(=O)C(C)c1cccc(-c2ccc(CNC(=O)OC(C)(C)C)cc2)c1. The second kappa shape index (κ2) is 8.71. The molecule has 2 aromatic carbocycles. The largest absolute Gasteiger partial charge is 0.469 e. The fraction of sp³-hybridized carbons (Fsp3) is 0.364. The third-order valence-electron chi connectivity index (χ3n) is 4.06. The molecule has 0 bridgehead atoms. The number of carbonyl (C=O) groups excluding carboxylic acids is 2. The van der Waals surface area contributed by atoms with Crippen LogP contribution in [0.5, 0.6) is 0 Å². The molecule has 144 valence electrons. The number of nitrogens with one attached hydrogen (secondary N) is 1. The molecule has 0 heterocycles. The predicted molar refractivity (Wildman–Crippen MR) is 105 cm³/mol. The van der Waals surface area contributed by atoms with Gasteiger partial charge in [-0.25, -0.2) is 4.79 Å². The molecule has 5 heteroatoms. The van der Waals surface area contributed by atoms with Gasteiger partial charge in [-0.2, -0.15) is 0 Å². The number of carbonyl (C=O) groups is 2. The average molecular weight is 369 g/mol. The highest BCUT2D eigenvalue weighted by molar-refractivity contribution is 5.78. The highest BCUT2D eigenvalue weighted by Gasteiger charge is 2.17. The van der Waals surface area contributed by atoms with Crippen LogP contribution < -0.4 is 5.32 Å². The van der Waals surface area contributed by atoms with E-state index in [1.807, 2.05) is 76.2 Å². The van der Waals surface area contributed by atoms with Crippen LogP contribution in [0.25, 0.3) is 11.1 Å². The molecule has 0 aliphatic rings. The summed E-state index contributed by atoms with van der Waals surface area (Å²) in [5.74, 6) is -0.567. The van der Waals surface area contributed by atoms with E-state index < -0.39 is 11.7 Å². The Labute approximate surface area is 160 Å². The summed E-state index contributed by atoms with van der Waals surface area (Å²) in [6.07, 6.45) is -0.434. The van der Waals surface area contributed by atoms with Gasteiger partial charge in [0.25, 0.3) is 0 Å². The molecule has 1 atom stereocenters. The van der Waals surface area contributed by atoms with Gasteiger partial charge in [-0.15, -0.1) is 0 Å². The molecule has 2 rings (SSSR count). The van der Waals surface area contributed by atoms with Crippen LogP contribution in [-0.4, -0.2) is 24.8 Å². The second-order valence-electron chi connectivity index (χ2n) is 7.42. The van der Waals surface area contributed by atoms with Crippen LogP contribution in [0.1, 0.15) is 44.7 Å². The van der Waals surface area contributed by atoms with Crippen LogP contribution in [0.15, 0.2) is 48.5 Å². The van der Waals surface area contributed by atoms with Crippen molar-refractivity contribution in [1.82, 2.24) is 5.32 Å². The van der Waals surface area contributed by atoms with E-state index in [0.29, 0.717) is 6.54 Å². The summed E-state index contributed by atoms with van der Waals surface area (Å²) in [6, 6.07) is 15.8. The molecule has 1 amide bonds. The Kier molecular flexibility index (Phi) is 6.61. The van der Waals surface area contributed by atoms with E-state index in [0.717, 1.165) is 22.3 Å². The van der Waals surface area contributed by atoms with Gasteiger partial charge < -0.3 is 14.8 Å². The minimum Gasteiger partial charge on any atom is -0.469 e. The summed E-state index contributed by atoms with van der Waals surface area (Å²) in [5.41, 5.74) is 3.43. The van der Waals surface area contributed by atoms with E-state index in [-0.39, 0.29) is 11.9 Å².